The van der Waals surface area contributed by atoms with Crippen LogP contribution in [0.15, 0.2) is 35.9 Å². The average Bonchev–Trinajstić information content (AvgIpc) is 2.91. The minimum absolute atomic E-state index is 0.507. The predicted molar refractivity (Wildman–Crippen MR) is 105 cm³/mol. The summed E-state index contributed by atoms with van der Waals surface area (Å²) < 4.78 is 2.38. The van der Waals surface area contributed by atoms with E-state index in [1.807, 2.05) is 0 Å². The van der Waals surface area contributed by atoms with Crippen molar-refractivity contribution in [1.29, 1.82) is 0 Å². The van der Waals surface area contributed by atoms with Gasteiger partial charge in [-0.25, -0.2) is 0 Å². The summed E-state index contributed by atoms with van der Waals surface area (Å²) >= 11 is 0. The molecule has 0 radical (unpaired) electrons. The number of piperidine rings is 1. The van der Waals surface area contributed by atoms with Gasteiger partial charge in [-0.05, 0) is 31.9 Å². The summed E-state index contributed by atoms with van der Waals surface area (Å²) in [6.45, 7) is 8.58. The highest BCUT2D eigenvalue weighted by Crippen LogP contribution is 2.27. The normalized spacial score (nSPS) is 22.0. The lowest BCUT2D eigenvalue weighted by atomic mass is 9.96. The van der Waals surface area contributed by atoms with Crippen LogP contribution in [0.1, 0.15) is 42.9 Å². The molecule has 138 valence electrons. The largest absolute Gasteiger partial charge is 0.315 e. The van der Waals surface area contributed by atoms with Crippen molar-refractivity contribution in [3.63, 3.8) is 0 Å². The van der Waals surface area contributed by atoms with Gasteiger partial charge in [0.1, 0.15) is 11.6 Å². The molecular formula is C21H29N5. The van der Waals surface area contributed by atoms with Crippen molar-refractivity contribution in [1.82, 2.24) is 25.0 Å². The average molecular weight is 351 g/mol. The van der Waals surface area contributed by atoms with Crippen molar-refractivity contribution in [2.75, 3.05) is 32.7 Å². The van der Waals surface area contributed by atoms with Gasteiger partial charge in [0.15, 0.2) is 0 Å². The third-order valence-corrected chi connectivity index (χ3v) is 5.45. The lowest BCUT2D eigenvalue weighted by Crippen LogP contribution is -2.36. The summed E-state index contributed by atoms with van der Waals surface area (Å²) in [5.41, 5.74) is 2.70. The van der Waals surface area contributed by atoms with Gasteiger partial charge in [-0.1, -0.05) is 42.0 Å². The minimum Gasteiger partial charge on any atom is -0.315 e. The van der Waals surface area contributed by atoms with Crippen LogP contribution in [-0.2, 0) is 13.0 Å². The second kappa shape index (κ2) is 8.14. The van der Waals surface area contributed by atoms with Crippen molar-refractivity contribution < 1.29 is 0 Å². The zero-order valence-electron chi connectivity index (χ0n) is 15.7. The molecule has 0 bridgehead atoms. The fraction of sp³-hybridized carbons (Fsp3) is 0.524. The topological polar surface area (TPSA) is 46.0 Å². The fourth-order valence-electron chi connectivity index (χ4n) is 4.24. The lowest BCUT2D eigenvalue weighted by Gasteiger charge is -2.32. The molecule has 4 rings (SSSR count). The van der Waals surface area contributed by atoms with Gasteiger partial charge in [0.05, 0.1) is 0 Å². The van der Waals surface area contributed by atoms with Gasteiger partial charge in [-0.15, -0.1) is 10.2 Å². The van der Waals surface area contributed by atoms with Crippen LogP contribution < -0.4 is 5.32 Å². The maximum absolute atomic E-state index is 4.59. The summed E-state index contributed by atoms with van der Waals surface area (Å²) in [5, 5.41) is 12.5. The van der Waals surface area contributed by atoms with Crippen molar-refractivity contribution in [3.8, 4) is 0 Å². The molecule has 2 aromatic rings. The number of fused-ring (bicyclic) bond motifs is 1. The van der Waals surface area contributed by atoms with Crippen molar-refractivity contribution in [2.45, 2.75) is 38.6 Å². The van der Waals surface area contributed by atoms with E-state index in [0.717, 1.165) is 45.0 Å². The molecule has 1 N–H and O–H groups in total. The number of aromatic nitrogens is 3. The zero-order chi connectivity index (χ0) is 17.8. The standard InChI is InChI=1S/C21H29N5/c1-17(14-18-6-3-2-4-7-18)15-25-12-5-8-19(16-25)21-24-23-20-9-10-22-11-13-26(20)21/h2-4,6-7,14,19,22H,5,8-13,15-16H2,1H3/b17-14+/t19-/m0/s1. The molecule has 0 unspecified atom stereocenters. The highest BCUT2D eigenvalue weighted by molar-refractivity contribution is 5.52. The smallest absolute Gasteiger partial charge is 0.137 e. The summed E-state index contributed by atoms with van der Waals surface area (Å²) in [4.78, 5) is 2.58. The lowest BCUT2D eigenvalue weighted by molar-refractivity contribution is 0.217. The van der Waals surface area contributed by atoms with Crippen LogP contribution in [0, 0.1) is 0 Å². The summed E-state index contributed by atoms with van der Waals surface area (Å²) in [6, 6.07) is 10.6. The van der Waals surface area contributed by atoms with Crippen LogP contribution in [0.25, 0.3) is 6.08 Å². The van der Waals surface area contributed by atoms with E-state index in [0.29, 0.717) is 5.92 Å². The van der Waals surface area contributed by atoms with Crippen LogP contribution in [0.3, 0.4) is 0 Å². The molecule has 0 aliphatic carbocycles. The molecule has 1 saturated heterocycles. The molecule has 5 nitrogen and oxygen atoms in total. The molecule has 1 fully saturated rings. The van der Waals surface area contributed by atoms with E-state index in [1.54, 1.807) is 0 Å². The van der Waals surface area contributed by atoms with Crippen molar-refractivity contribution in [3.05, 3.63) is 53.1 Å². The molecule has 3 heterocycles. The van der Waals surface area contributed by atoms with E-state index in [2.05, 4.69) is 68.3 Å². The molecule has 5 heteroatoms. The zero-order valence-corrected chi connectivity index (χ0v) is 15.7. The molecular weight excluding hydrogens is 322 g/mol. The van der Waals surface area contributed by atoms with Crippen LogP contribution >= 0.6 is 0 Å². The summed E-state index contributed by atoms with van der Waals surface area (Å²) in [7, 11) is 0. The Morgan fingerprint density at radius 3 is 2.96 bits per heavy atom. The molecule has 0 saturated carbocycles. The Labute approximate surface area is 156 Å². The van der Waals surface area contributed by atoms with E-state index in [4.69, 9.17) is 0 Å². The first-order valence-corrected chi connectivity index (χ1v) is 9.87. The van der Waals surface area contributed by atoms with E-state index >= 15 is 0 Å². The Morgan fingerprint density at radius 2 is 2.08 bits per heavy atom. The third kappa shape index (κ3) is 4.05. The summed E-state index contributed by atoms with van der Waals surface area (Å²) in [6.07, 6.45) is 5.76. The molecule has 2 aliphatic rings. The van der Waals surface area contributed by atoms with Crippen LogP contribution in [0.5, 0.6) is 0 Å². The Bertz CT molecular complexity index is 749. The van der Waals surface area contributed by atoms with Gasteiger partial charge in [0.25, 0.3) is 0 Å². The van der Waals surface area contributed by atoms with Gasteiger partial charge in [-0.2, -0.15) is 0 Å². The second-order valence-electron chi connectivity index (χ2n) is 7.60. The maximum atomic E-state index is 4.59. The molecule has 26 heavy (non-hydrogen) atoms. The van der Waals surface area contributed by atoms with E-state index < -0.39 is 0 Å². The number of benzene rings is 1. The molecule has 1 atom stereocenters. The Morgan fingerprint density at radius 1 is 1.19 bits per heavy atom. The SMILES string of the molecule is C/C(=C\c1ccccc1)CN1CCC[C@H](c2nnc3n2CCNCC3)C1. The number of nitrogens with zero attached hydrogens (tertiary/aromatic N) is 4. The van der Waals surface area contributed by atoms with E-state index in [9.17, 15) is 0 Å². The first-order valence-electron chi connectivity index (χ1n) is 9.87. The van der Waals surface area contributed by atoms with Gasteiger partial charge < -0.3 is 9.88 Å². The molecule has 0 spiro atoms. The quantitative estimate of drug-likeness (QED) is 0.920. The number of hydrogen-bond donors (Lipinski definition) is 1. The Kier molecular flexibility index (Phi) is 5.46. The maximum Gasteiger partial charge on any atom is 0.137 e. The highest BCUT2D eigenvalue weighted by atomic mass is 15.3. The first kappa shape index (κ1) is 17.4. The summed E-state index contributed by atoms with van der Waals surface area (Å²) in [5.74, 6) is 2.87. The third-order valence-electron chi connectivity index (χ3n) is 5.45. The number of hydrogen-bond acceptors (Lipinski definition) is 4. The number of nitrogens with one attached hydrogen (secondary N) is 1. The van der Waals surface area contributed by atoms with E-state index in [1.165, 1.54) is 36.3 Å². The Hall–Kier alpha value is -1.98. The van der Waals surface area contributed by atoms with Crippen molar-refractivity contribution >= 4 is 6.08 Å². The fourth-order valence-corrected chi connectivity index (χ4v) is 4.24. The highest BCUT2D eigenvalue weighted by Gasteiger charge is 2.27. The monoisotopic (exact) mass is 351 g/mol. The number of likely N-dealkylation sites (tertiary alicyclic amines) is 1. The molecule has 1 aromatic heterocycles. The Balaban J connectivity index is 1.43. The first-order chi connectivity index (χ1) is 12.8. The van der Waals surface area contributed by atoms with E-state index in [-0.39, 0.29) is 0 Å². The molecule has 0 amide bonds. The van der Waals surface area contributed by atoms with Crippen LogP contribution in [0.2, 0.25) is 0 Å². The molecule has 2 aliphatic heterocycles. The van der Waals surface area contributed by atoms with Gasteiger partial charge in [-0.3, -0.25) is 4.90 Å². The van der Waals surface area contributed by atoms with Crippen LogP contribution in [-0.4, -0.2) is 52.4 Å². The van der Waals surface area contributed by atoms with Crippen molar-refractivity contribution in [2.24, 2.45) is 0 Å². The molecule has 1 aromatic carbocycles. The number of rotatable bonds is 4. The van der Waals surface area contributed by atoms with Gasteiger partial charge >= 0.3 is 0 Å². The predicted octanol–water partition coefficient (Wildman–Crippen LogP) is 2.71. The minimum atomic E-state index is 0.507. The second-order valence-corrected chi connectivity index (χ2v) is 7.60. The van der Waals surface area contributed by atoms with Gasteiger partial charge in [0.2, 0.25) is 0 Å². The van der Waals surface area contributed by atoms with Crippen LogP contribution in [0.4, 0.5) is 0 Å². The van der Waals surface area contributed by atoms with Gasteiger partial charge in [0, 0.05) is 45.1 Å².